The van der Waals surface area contributed by atoms with Crippen molar-refractivity contribution in [2.24, 2.45) is 5.73 Å². The summed E-state index contributed by atoms with van der Waals surface area (Å²) >= 11 is 11.7. The number of nitrogens with two attached hydrogens (primary N) is 1. The van der Waals surface area contributed by atoms with Gasteiger partial charge in [-0.05, 0) is 25.1 Å². The minimum atomic E-state index is 0.191. The van der Waals surface area contributed by atoms with Crippen LogP contribution >= 0.6 is 23.2 Å². The number of hydrogen-bond acceptors (Lipinski definition) is 2. The third-order valence-electron chi connectivity index (χ3n) is 1.68. The van der Waals surface area contributed by atoms with Crippen molar-refractivity contribution < 1.29 is 0 Å². The molecule has 2 nitrogen and oxygen atoms in total. The summed E-state index contributed by atoms with van der Waals surface area (Å²) in [5.41, 5.74) is 6.30. The lowest BCUT2D eigenvalue weighted by Crippen LogP contribution is -2.25. The van der Waals surface area contributed by atoms with Crippen molar-refractivity contribution in [1.29, 1.82) is 0 Å². The van der Waals surface area contributed by atoms with Gasteiger partial charge in [0.15, 0.2) is 0 Å². The summed E-state index contributed by atoms with van der Waals surface area (Å²) in [5.74, 6) is 0. The zero-order valence-corrected chi connectivity index (χ0v) is 8.86. The van der Waals surface area contributed by atoms with Crippen LogP contribution < -0.4 is 11.1 Å². The molecule has 0 spiro atoms. The molecule has 72 valence electrons. The highest BCUT2D eigenvalue weighted by Crippen LogP contribution is 2.25. The molecule has 4 heteroatoms. The number of benzene rings is 1. The first-order valence-electron chi connectivity index (χ1n) is 4.05. The van der Waals surface area contributed by atoms with Crippen LogP contribution in [0.2, 0.25) is 10.0 Å². The predicted molar refractivity (Wildman–Crippen MR) is 58.6 cm³/mol. The van der Waals surface area contributed by atoms with Gasteiger partial charge < -0.3 is 11.1 Å². The van der Waals surface area contributed by atoms with Crippen LogP contribution in [0.25, 0.3) is 0 Å². The standard InChI is InChI=1S/C9H12Cl2N2/c1-6(5-12)13-9-4-7(10)2-3-8(9)11/h2-4,6,13H,5,12H2,1H3. The largest absolute Gasteiger partial charge is 0.380 e. The molecule has 1 unspecified atom stereocenters. The maximum absolute atomic E-state index is 5.94. The molecule has 0 aliphatic heterocycles. The Morgan fingerprint density at radius 1 is 1.46 bits per heavy atom. The predicted octanol–water partition coefficient (Wildman–Crippen LogP) is 2.75. The first-order valence-corrected chi connectivity index (χ1v) is 4.80. The molecule has 0 bridgehead atoms. The van der Waals surface area contributed by atoms with Crippen LogP contribution in [0.15, 0.2) is 18.2 Å². The molecular formula is C9H12Cl2N2. The molecule has 13 heavy (non-hydrogen) atoms. The van der Waals surface area contributed by atoms with E-state index in [-0.39, 0.29) is 6.04 Å². The normalized spacial score (nSPS) is 12.6. The lowest BCUT2D eigenvalue weighted by atomic mass is 10.2. The maximum atomic E-state index is 5.94. The van der Waals surface area contributed by atoms with Gasteiger partial charge in [-0.25, -0.2) is 0 Å². The first kappa shape index (κ1) is 10.6. The van der Waals surface area contributed by atoms with Gasteiger partial charge in [-0.15, -0.1) is 0 Å². The molecule has 1 aromatic carbocycles. The zero-order chi connectivity index (χ0) is 9.84. The Morgan fingerprint density at radius 3 is 2.77 bits per heavy atom. The van der Waals surface area contributed by atoms with Gasteiger partial charge in [0.05, 0.1) is 10.7 Å². The zero-order valence-electron chi connectivity index (χ0n) is 7.35. The molecule has 3 N–H and O–H groups in total. The topological polar surface area (TPSA) is 38.0 Å². The van der Waals surface area contributed by atoms with Crippen molar-refractivity contribution in [3.05, 3.63) is 28.2 Å². The summed E-state index contributed by atoms with van der Waals surface area (Å²) in [6.45, 7) is 2.54. The highest BCUT2D eigenvalue weighted by molar-refractivity contribution is 6.35. The minimum absolute atomic E-state index is 0.191. The van der Waals surface area contributed by atoms with Crippen LogP contribution in [-0.4, -0.2) is 12.6 Å². The minimum Gasteiger partial charge on any atom is -0.380 e. The molecular weight excluding hydrogens is 207 g/mol. The van der Waals surface area contributed by atoms with E-state index in [0.717, 1.165) is 5.69 Å². The summed E-state index contributed by atoms with van der Waals surface area (Å²) in [4.78, 5) is 0. The molecule has 0 aliphatic rings. The Balaban J connectivity index is 2.81. The fraction of sp³-hybridized carbons (Fsp3) is 0.333. The molecule has 0 heterocycles. The van der Waals surface area contributed by atoms with Gasteiger partial charge in [-0.3, -0.25) is 0 Å². The van der Waals surface area contributed by atoms with Gasteiger partial charge in [0.1, 0.15) is 0 Å². The van der Waals surface area contributed by atoms with Gasteiger partial charge >= 0.3 is 0 Å². The van der Waals surface area contributed by atoms with Crippen molar-refractivity contribution in [3.8, 4) is 0 Å². The van der Waals surface area contributed by atoms with Crippen LogP contribution in [0.4, 0.5) is 5.69 Å². The Bertz CT molecular complexity index is 289. The number of halogens is 2. The molecule has 1 atom stereocenters. The SMILES string of the molecule is CC(CN)Nc1cc(Cl)ccc1Cl. The van der Waals surface area contributed by atoms with E-state index in [1.54, 1.807) is 18.2 Å². The average molecular weight is 219 g/mol. The average Bonchev–Trinajstić information content (AvgIpc) is 2.11. The van der Waals surface area contributed by atoms with Crippen molar-refractivity contribution >= 4 is 28.9 Å². The Kier molecular flexibility index (Phi) is 3.85. The molecule has 1 aromatic rings. The summed E-state index contributed by atoms with van der Waals surface area (Å²) in [5, 5.41) is 4.48. The molecule has 0 fully saturated rings. The van der Waals surface area contributed by atoms with Crippen LogP contribution in [0.3, 0.4) is 0 Å². The Morgan fingerprint density at radius 2 is 2.15 bits per heavy atom. The third-order valence-corrected chi connectivity index (χ3v) is 2.25. The first-order chi connectivity index (χ1) is 6.13. The highest BCUT2D eigenvalue weighted by Gasteiger charge is 2.03. The van der Waals surface area contributed by atoms with E-state index in [0.29, 0.717) is 16.6 Å². The quantitative estimate of drug-likeness (QED) is 0.820. The van der Waals surface area contributed by atoms with Crippen molar-refractivity contribution in [3.63, 3.8) is 0 Å². The second kappa shape index (κ2) is 4.70. The molecule has 0 saturated heterocycles. The van der Waals surface area contributed by atoms with Gasteiger partial charge in [0.25, 0.3) is 0 Å². The van der Waals surface area contributed by atoms with Crippen molar-refractivity contribution in [2.75, 3.05) is 11.9 Å². The highest BCUT2D eigenvalue weighted by atomic mass is 35.5. The number of anilines is 1. The number of hydrogen-bond donors (Lipinski definition) is 2. The molecule has 0 radical (unpaired) electrons. The van der Waals surface area contributed by atoms with Crippen molar-refractivity contribution in [1.82, 2.24) is 0 Å². The summed E-state index contributed by atoms with van der Waals surface area (Å²) in [7, 11) is 0. The van der Waals surface area contributed by atoms with E-state index >= 15 is 0 Å². The summed E-state index contributed by atoms with van der Waals surface area (Å²) in [6, 6.07) is 5.49. The van der Waals surface area contributed by atoms with Crippen LogP contribution in [-0.2, 0) is 0 Å². The summed E-state index contributed by atoms with van der Waals surface area (Å²) < 4.78 is 0. The second-order valence-electron chi connectivity index (χ2n) is 2.91. The van der Waals surface area contributed by atoms with Crippen molar-refractivity contribution in [2.45, 2.75) is 13.0 Å². The van der Waals surface area contributed by atoms with Crippen LogP contribution in [0.1, 0.15) is 6.92 Å². The Labute approximate surface area is 88.0 Å². The molecule has 0 aromatic heterocycles. The third kappa shape index (κ3) is 3.07. The number of nitrogens with one attached hydrogen (secondary N) is 1. The molecule has 0 aliphatic carbocycles. The smallest absolute Gasteiger partial charge is 0.0638 e. The monoisotopic (exact) mass is 218 g/mol. The fourth-order valence-electron chi connectivity index (χ4n) is 0.932. The second-order valence-corrected chi connectivity index (χ2v) is 3.75. The number of rotatable bonds is 3. The summed E-state index contributed by atoms with van der Waals surface area (Å²) in [6.07, 6.45) is 0. The lowest BCUT2D eigenvalue weighted by Gasteiger charge is -2.14. The van der Waals surface area contributed by atoms with E-state index in [4.69, 9.17) is 28.9 Å². The van der Waals surface area contributed by atoms with E-state index < -0.39 is 0 Å². The van der Waals surface area contributed by atoms with Crippen LogP contribution in [0, 0.1) is 0 Å². The molecule has 0 saturated carbocycles. The van der Waals surface area contributed by atoms with Gasteiger partial charge in [0.2, 0.25) is 0 Å². The van der Waals surface area contributed by atoms with E-state index in [1.807, 2.05) is 6.92 Å². The van der Waals surface area contributed by atoms with E-state index in [9.17, 15) is 0 Å². The molecule has 1 rings (SSSR count). The molecule has 0 amide bonds. The lowest BCUT2D eigenvalue weighted by molar-refractivity contribution is 0.804. The van der Waals surface area contributed by atoms with E-state index in [2.05, 4.69) is 5.32 Å². The van der Waals surface area contributed by atoms with E-state index in [1.165, 1.54) is 0 Å². The van der Waals surface area contributed by atoms with Gasteiger partial charge in [-0.1, -0.05) is 23.2 Å². The van der Waals surface area contributed by atoms with Gasteiger partial charge in [-0.2, -0.15) is 0 Å². The Hall–Kier alpha value is -0.440. The van der Waals surface area contributed by atoms with Gasteiger partial charge in [0, 0.05) is 17.6 Å². The maximum Gasteiger partial charge on any atom is 0.0638 e. The van der Waals surface area contributed by atoms with Crippen LogP contribution in [0.5, 0.6) is 0 Å². The fourth-order valence-corrected chi connectivity index (χ4v) is 1.28.